The maximum absolute atomic E-state index is 12.1. The van der Waals surface area contributed by atoms with Crippen molar-refractivity contribution in [1.82, 2.24) is 4.90 Å². The number of ether oxygens (including phenoxy) is 1. The van der Waals surface area contributed by atoms with E-state index in [0.717, 1.165) is 42.2 Å². The van der Waals surface area contributed by atoms with Crippen molar-refractivity contribution in [1.29, 1.82) is 0 Å². The fourth-order valence-electron chi connectivity index (χ4n) is 4.67. The van der Waals surface area contributed by atoms with Gasteiger partial charge in [0.2, 0.25) is 0 Å². The summed E-state index contributed by atoms with van der Waals surface area (Å²) < 4.78 is 11.7. The van der Waals surface area contributed by atoms with Gasteiger partial charge < -0.3 is 9.15 Å². The second-order valence-electron chi connectivity index (χ2n) is 7.61. The Morgan fingerprint density at radius 2 is 2.11 bits per heavy atom. The van der Waals surface area contributed by atoms with Crippen molar-refractivity contribution in [3.63, 3.8) is 0 Å². The van der Waals surface area contributed by atoms with Gasteiger partial charge in [0.1, 0.15) is 18.1 Å². The van der Waals surface area contributed by atoms with Gasteiger partial charge in [-0.2, -0.15) is 0 Å². The third kappa shape index (κ3) is 2.83. The Balaban J connectivity index is 1.62. The van der Waals surface area contributed by atoms with Crippen molar-refractivity contribution in [2.24, 2.45) is 0 Å². The average molecular weight is 396 g/mol. The lowest BCUT2D eigenvalue weighted by Gasteiger charge is -2.38. The summed E-state index contributed by atoms with van der Waals surface area (Å²) in [6.07, 6.45) is 4.13. The van der Waals surface area contributed by atoms with Gasteiger partial charge >= 0.3 is 5.63 Å². The number of hydrogen-bond acceptors (Lipinski definition) is 4. The summed E-state index contributed by atoms with van der Waals surface area (Å²) in [5.74, 6) is 0.644. The first-order valence-electron chi connectivity index (χ1n) is 9.88. The molecule has 1 aliphatic carbocycles. The molecule has 2 aromatic carbocycles. The van der Waals surface area contributed by atoms with Crippen LogP contribution in [0.5, 0.6) is 5.75 Å². The summed E-state index contributed by atoms with van der Waals surface area (Å²) in [5, 5.41) is 1.48. The number of nitrogens with zero attached hydrogens (tertiary/aromatic N) is 1. The molecule has 0 bridgehead atoms. The molecule has 0 spiro atoms. The van der Waals surface area contributed by atoms with Crippen molar-refractivity contribution in [2.75, 3.05) is 6.73 Å². The molecule has 5 rings (SSSR count). The van der Waals surface area contributed by atoms with E-state index in [4.69, 9.17) is 20.8 Å². The molecule has 1 aliphatic heterocycles. The molecule has 0 radical (unpaired) electrons. The van der Waals surface area contributed by atoms with Crippen LogP contribution in [0.15, 0.2) is 45.6 Å². The molecule has 0 saturated heterocycles. The fourth-order valence-corrected chi connectivity index (χ4v) is 4.95. The Bertz CT molecular complexity index is 1120. The predicted molar refractivity (Wildman–Crippen MR) is 110 cm³/mol. The fraction of sp³-hybridized carbons (Fsp3) is 0.348. The van der Waals surface area contributed by atoms with Crippen molar-refractivity contribution >= 4 is 22.6 Å². The van der Waals surface area contributed by atoms with Crippen LogP contribution in [-0.2, 0) is 19.4 Å². The van der Waals surface area contributed by atoms with E-state index in [0.29, 0.717) is 35.7 Å². The average Bonchev–Trinajstić information content (AvgIpc) is 2.73. The zero-order valence-corrected chi connectivity index (χ0v) is 16.6. The molecule has 2 heterocycles. The quantitative estimate of drug-likeness (QED) is 0.556. The number of halogens is 1. The molecule has 0 fully saturated rings. The van der Waals surface area contributed by atoms with Crippen LogP contribution in [0, 0.1) is 0 Å². The molecule has 5 heteroatoms. The van der Waals surface area contributed by atoms with Crippen LogP contribution in [0.3, 0.4) is 0 Å². The lowest BCUT2D eigenvalue weighted by Crippen LogP contribution is -2.37. The van der Waals surface area contributed by atoms with Crippen LogP contribution in [0.2, 0.25) is 5.02 Å². The highest BCUT2D eigenvalue weighted by molar-refractivity contribution is 6.33. The molecular formula is C23H22ClNO3. The van der Waals surface area contributed by atoms with Crippen LogP contribution in [0.1, 0.15) is 48.1 Å². The van der Waals surface area contributed by atoms with Gasteiger partial charge in [-0.25, -0.2) is 4.79 Å². The zero-order valence-electron chi connectivity index (χ0n) is 15.8. The van der Waals surface area contributed by atoms with Gasteiger partial charge in [-0.05, 0) is 48.4 Å². The van der Waals surface area contributed by atoms with Gasteiger partial charge in [-0.15, -0.1) is 0 Å². The first kappa shape index (κ1) is 17.8. The summed E-state index contributed by atoms with van der Waals surface area (Å²) in [4.78, 5) is 14.5. The lowest BCUT2D eigenvalue weighted by atomic mass is 9.86. The van der Waals surface area contributed by atoms with Crippen LogP contribution < -0.4 is 10.4 Å². The standard InChI is InChI=1S/C23H22ClNO3/c1-2-14-10-21(26)28-22-17(14)11-19(24)23-18(22)12-25(13-27-23)20-9-5-7-15-6-3-4-8-16(15)20/h3-4,6,8,10-11,20H,2,5,7,9,12-13H2,1H3. The van der Waals surface area contributed by atoms with Crippen LogP contribution in [0.4, 0.5) is 0 Å². The minimum absolute atomic E-state index is 0.299. The molecule has 1 aromatic heterocycles. The van der Waals surface area contributed by atoms with Gasteiger partial charge in [0.25, 0.3) is 0 Å². The Morgan fingerprint density at radius 1 is 1.25 bits per heavy atom. The van der Waals surface area contributed by atoms with Gasteiger partial charge in [-0.3, -0.25) is 4.90 Å². The molecule has 3 aromatic rings. The van der Waals surface area contributed by atoms with E-state index in [-0.39, 0.29) is 5.63 Å². The maximum atomic E-state index is 12.1. The second kappa shape index (κ2) is 6.94. The summed E-state index contributed by atoms with van der Waals surface area (Å²) >= 11 is 6.54. The highest BCUT2D eigenvalue weighted by Gasteiger charge is 2.32. The van der Waals surface area contributed by atoms with E-state index in [1.54, 1.807) is 6.07 Å². The number of aryl methyl sites for hydroxylation is 2. The van der Waals surface area contributed by atoms with E-state index in [1.807, 2.05) is 13.0 Å². The topological polar surface area (TPSA) is 42.7 Å². The summed E-state index contributed by atoms with van der Waals surface area (Å²) in [5.41, 5.74) is 4.91. The summed E-state index contributed by atoms with van der Waals surface area (Å²) in [6, 6.07) is 12.4. The molecular weight excluding hydrogens is 374 g/mol. The van der Waals surface area contributed by atoms with E-state index >= 15 is 0 Å². The van der Waals surface area contributed by atoms with Crippen LogP contribution in [-0.4, -0.2) is 11.6 Å². The van der Waals surface area contributed by atoms with Gasteiger partial charge in [0.05, 0.1) is 10.6 Å². The smallest absolute Gasteiger partial charge is 0.336 e. The first-order valence-corrected chi connectivity index (χ1v) is 10.3. The van der Waals surface area contributed by atoms with Crippen LogP contribution >= 0.6 is 11.6 Å². The van der Waals surface area contributed by atoms with Crippen molar-refractivity contribution < 1.29 is 9.15 Å². The normalized spacial score (nSPS) is 19.1. The van der Waals surface area contributed by atoms with E-state index < -0.39 is 0 Å². The molecule has 1 atom stereocenters. The Morgan fingerprint density at radius 3 is 2.96 bits per heavy atom. The molecule has 144 valence electrons. The SMILES string of the molecule is CCc1cc(=O)oc2c3c(c(Cl)cc12)OCN(C1CCCc2ccccc21)C3. The molecule has 0 N–H and O–H groups in total. The zero-order chi connectivity index (χ0) is 19.3. The molecule has 1 unspecified atom stereocenters. The number of hydrogen-bond donors (Lipinski definition) is 0. The van der Waals surface area contributed by atoms with Crippen LogP contribution in [0.25, 0.3) is 11.0 Å². The monoisotopic (exact) mass is 395 g/mol. The molecule has 0 amide bonds. The maximum Gasteiger partial charge on any atom is 0.336 e. The minimum Gasteiger partial charge on any atom is -0.476 e. The summed E-state index contributed by atoms with van der Waals surface area (Å²) in [7, 11) is 0. The van der Waals surface area contributed by atoms with Crippen molar-refractivity contribution in [3.05, 3.63) is 74.1 Å². The second-order valence-corrected chi connectivity index (χ2v) is 8.02. The number of fused-ring (bicyclic) bond motifs is 4. The number of rotatable bonds is 2. The lowest BCUT2D eigenvalue weighted by molar-refractivity contribution is 0.0482. The summed E-state index contributed by atoms with van der Waals surface area (Å²) in [6.45, 7) is 3.17. The Kier molecular flexibility index (Phi) is 4.41. The number of benzene rings is 2. The third-order valence-corrected chi connectivity index (χ3v) is 6.30. The first-order chi connectivity index (χ1) is 13.7. The highest BCUT2D eigenvalue weighted by Crippen LogP contribution is 2.43. The molecule has 4 nitrogen and oxygen atoms in total. The third-order valence-electron chi connectivity index (χ3n) is 6.02. The highest BCUT2D eigenvalue weighted by atomic mass is 35.5. The largest absolute Gasteiger partial charge is 0.476 e. The van der Waals surface area contributed by atoms with E-state index in [1.165, 1.54) is 11.1 Å². The van der Waals surface area contributed by atoms with Gasteiger partial charge in [-0.1, -0.05) is 42.8 Å². The van der Waals surface area contributed by atoms with E-state index in [9.17, 15) is 4.79 Å². The van der Waals surface area contributed by atoms with Crippen molar-refractivity contribution in [3.8, 4) is 5.75 Å². The van der Waals surface area contributed by atoms with E-state index in [2.05, 4.69) is 29.2 Å². The molecule has 28 heavy (non-hydrogen) atoms. The predicted octanol–water partition coefficient (Wildman–Crippen LogP) is 5.24. The molecule has 2 aliphatic rings. The van der Waals surface area contributed by atoms with Crippen molar-refractivity contribution in [2.45, 2.75) is 45.2 Å². The minimum atomic E-state index is -0.325. The van der Waals surface area contributed by atoms with Gasteiger partial charge in [0.15, 0.2) is 0 Å². The van der Waals surface area contributed by atoms with Gasteiger partial charge in [0, 0.05) is 24.0 Å². The Labute approximate surface area is 168 Å². The Hall–Kier alpha value is -2.30. The molecule has 0 saturated carbocycles.